The average Bonchev–Trinajstić information content (AvgIpc) is 2.65. The molecule has 0 saturated heterocycles. The van der Waals surface area contributed by atoms with Gasteiger partial charge in [-0.05, 0) is 12.8 Å². The third-order valence-corrected chi connectivity index (χ3v) is 5.05. The van der Waals surface area contributed by atoms with Crippen LogP contribution in [0.15, 0.2) is 0 Å². The van der Waals surface area contributed by atoms with Crippen LogP contribution in [0.2, 0.25) is 0 Å². The Labute approximate surface area is 168 Å². The smallest absolute Gasteiger partial charge is 0.325 e. The van der Waals surface area contributed by atoms with Gasteiger partial charge in [-0.15, -0.1) is 0 Å². The zero-order chi connectivity index (χ0) is 20.2. The number of esters is 1. The standard InChI is InChI=1S/C23H45NO3/c1-4-6-8-9-10-11-12-13-14-15-16-18-20-27-23(26)21-24(3)22(25)19-17-7-5-2/h4-21H2,1-3H3. The number of ether oxygens (including phenoxy) is 1. The number of carbonyl (C=O) groups excluding carboxylic acids is 2. The topological polar surface area (TPSA) is 46.6 Å². The lowest BCUT2D eigenvalue weighted by Gasteiger charge is -2.16. The number of rotatable bonds is 19. The summed E-state index contributed by atoms with van der Waals surface area (Å²) in [6.07, 6.45) is 19.1. The molecule has 4 heteroatoms. The molecule has 0 rings (SSSR count). The minimum atomic E-state index is -0.288. The molecule has 160 valence electrons. The summed E-state index contributed by atoms with van der Waals surface area (Å²) >= 11 is 0. The largest absolute Gasteiger partial charge is 0.464 e. The first-order valence-electron chi connectivity index (χ1n) is 11.5. The lowest BCUT2D eigenvalue weighted by Crippen LogP contribution is -2.33. The number of likely N-dealkylation sites (N-methyl/N-ethyl adjacent to an activating group) is 1. The van der Waals surface area contributed by atoms with E-state index in [0.29, 0.717) is 13.0 Å². The van der Waals surface area contributed by atoms with Crippen molar-refractivity contribution in [2.45, 2.75) is 117 Å². The Morgan fingerprint density at radius 2 is 1.11 bits per heavy atom. The Hall–Kier alpha value is -1.06. The maximum absolute atomic E-state index is 11.9. The number of nitrogens with zero attached hydrogens (tertiary/aromatic N) is 1. The van der Waals surface area contributed by atoms with Crippen molar-refractivity contribution in [2.24, 2.45) is 0 Å². The van der Waals surface area contributed by atoms with Crippen molar-refractivity contribution in [2.75, 3.05) is 20.2 Å². The molecule has 1 amide bonds. The zero-order valence-electron chi connectivity index (χ0n) is 18.4. The van der Waals surface area contributed by atoms with E-state index in [4.69, 9.17) is 4.74 Å². The van der Waals surface area contributed by atoms with Crippen LogP contribution in [-0.4, -0.2) is 37.0 Å². The van der Waals surface area contributed by atoms with Crippen LogP contribution in [0.25, 0.3) is 0 Å². The van der Waals surface area contributed by atoms with Gasteiger partial charge in [-0.3, -0.25) is 9.59 Å². The van der Waals surface area contributed by atoms with Crippen LogP contribution in [0.5, 0.6) is 0 Å². The van der Waals surface area contributed by atoms with Crippen LogP contribution in [0.1, 0.15) is 117 Å². The highest BCUT2D eigenvalue weighted by atomic mass is 16.5. The monoisotopic (exact) mass is 383 g/mol. The summed E-state index contributed by atoms with van der Waals surface area (Å²) in [4.78, 5) is 25.1. The van der Waals surface area contributed by atoms with Gasteiger partial charge in [0.1, 0.15) is 6.54 Å². The maximum atomic E-state index is 11.9. The highest BCUT2D eigenvalue weighted by Crippen LogP contribution is 2.12. The fraction of sp³-hybridized carbons (Fsp3) is 0.913. The SMILES string of the molecule is CCCCCCCCCCCCCCOC(=O)CN(C)C(=O)CCCCC. The van der Waals surface area contributed by atoms with E-state index < -0.39 is 0 Å². The molecule has 0 N–H and O–H groups in total. The summed E-state index contributed by atoms with van der Waals surface area (Å²) in [5, 5.41) is 0. The zero-order valence-corrected chi connectivity index (χ0v) is 18.4. The first kappa shape index (κ1) is 25.9. The molecular weight excluding hydrogens is 338 g/mol. The summed E-state index contributed by atoms with van der Waals surface area (Å²) in [5.74, 6) is -0.254. The van der Waals surface area contributed by atoms with E-state index >= 15 is 0 Å². The summed E-state index contributed by atoms with van der Waals surface area (Å²) in [7, 11) is 1.68. The molecule has 0 aliphatic rings. The molecule has 0 fully saturated rings. The van der Waals surface area contributed by atoms with Crippen LogP contribution >= 0.6 is 0 Å². The maximum Gasteiger partial charge on any atom is 0.325 e. The van der Waals surface area contributed by atoms with Gasteiger partial charge < -0.3 is 9.64 Å². The molecule has 4 nitrogen and oxygen atoms in total. The molecule has 0 saturated carbocycles. The lowest BCUT2D eigenvalue weighted by molar-refractivity contribution is -0.148. The molecule has 0 bridgehead atoms. The molecule has 0 spiro atoms. The summed E-state index contributed by atoms with van der Waals surface area (Å²) in [6.45, 7) is 4.93. The Morgan fingerprint density at radius 1 is 0.667 bits per heavy atom. The minimum Gasteiger partial charge on any atom is -0.464 e. The van der Waals surface area contributed by atoms with Crippen LogP contribution < -0.4 is 0 Å². The van der Waals surface area contributed by atoms with Crippen molar-refractivity contribution < 1.29 is 14.3 Å². The summed E-state index contributed by atoms with van der Waals surface area (Å²) in [5.41, 5.74) is 0. The van der Waals surface area contributed by atoms with Crippen LogP contribution in [0.4, 0.5) is 0 Å². The van der Waals surface area contributed by atoms with Gasteiger partial charge in [0.05, 0.1) is 6.61 Å². The summed E-state index contributed by atoms with van der Waals surface area (Å²) < 4.78 is 5.25. The predicted molar refractivity (Wildman–Crippen MR) is 114 cm³/mol. The van der Waals surface area contributed by atoms with Crippen LogP contribution in [0.3, 0.4) is 0 Å². The number of hydrogen-bond acceptors (Lipinski definition) is 3. The van der Waals surface area contributed by atoms with Gasteiger partial charge in [-0.1, -0.05) is 97.3 Å². The van der Waals surface area contributed by atoms with Crippen molar-refractivity contribution in [1.29, 1.82) is 0 Å². The van der Waals surface area contributed by atoms with Gasteiger partial charge >= 0.3 is 5.97 Å². The van der Waals surface area contributed by atoms with E-state index in [1.54, 1.807) is 7.05 Å². The molecule has 0 aromatic rings. The van der Waals surface area contributed by atoms with E-state index in [9.17, 15) is 9.59 Å². The molecule has 0 radical (unpaired) electrons. The third-order valence-electron chi connectivity index (χ3n) is 5.05. The van der Waals surface area contributed by atoms with E-state index in [1.807, 2.05) is 0 Å². The molecule has 0 atom stereocenters. The highest BCUT2D eigenvalue weighted by Gasteiger charge is 2.13. The van der Waals surface area contributed by atoms with Crippen molar-refractivity contribution >= 4 is 11.9 Å². The Kier molecular flexibility index (Phi) is 18.9. The fourth-order valence-corrected chi connectivity index (χ4v) is 3.17. The van der Waals surface area contributed by atoms with Crippen molar-refractivity contribution in [1.82, 2.24) is 4.90 Å². The molecule has 0 aromatic heterocycles. The number of carbonyl (C=O) groups is 2. The molecule has 0 aliphatic heterocycles. The van der Waals surface area contributed by atoms with Gasteiger partial charge in [-0.2, -0.15) is 0 Å². The molecule has 0 heterocycles. The number of unbranched alkanes of at least 4 members (excludes halogenated alkanes) is 13. The normalized spacial score (nSPS) is 10.8. The molecular formula is C23H45NO3. The minimum absolute atomic E-state index is 0.0331. The highest BCUT2D eigenvalue weighted by molar-refractivity contribution is 5.81. The quantitative estimate of drug-likeness (QED) is 0.195. The van der Waals surface area contributed by atoms with Gasteiger partial charge in [0, 0.05) is 13.5 Å². The first-order valence-corrected chi connectivity index (χ1v) is 11.5. The van der Waals surface area contributed by atoms with Gasteiger partial charge in [0.2, 0.25) is 5.91 Å². The first-order chi connectivity index (χ1) is 13.1. The Morgan fingerprint density at radius 3 is 1.63 bits per heavy atom. The fourth-order valence-electron chi connectivity index (χ4n) is 3.17. The van der Waals surface area contributed by atoms with Crippen molar-refractivity contribution in [3.63, 3.8) is 0 Å². The number of amides is 1. The van der Waals surface area contributed by atoms with Crippen molar-refractivity contribution in [3.8, 4) is 0 Å². The van der Waals surface area contributed by atoms with Crippen LogP contribution in [-0.2, 0) is 14.3 Å². The third kappa shape index (κ3) is 18.1. The molecule has 0 unspecified atom stereocenters. The van der Waals surface area contributed by atoms with E-state index in [1.165, 1.54) is 69.1 Å². The Balaban J connectivity index is 3.39. The average molecular weight is 384 g/mol. The second-order valence-electron chi connectivity index (χ2n) is 7.82. The molecule has 0 aromatic carbocycles. The van der Waals surface area contributed by atoms with E-state index in [0.717, 1.165) is 32.1 Å². The second-order valence-corrected chi connectivity index (χ2v) is 7.82. The van der Waals surface area contributed by atoms with Crippen LogP contribution in [0, 0.1) is 0 Å². The van der Waals surface area contributed by atoms with E-state index in [2.05, 4.69) is 13.8 Å². The predicted octanol–water partition coefficient (Wildman–Crippen LogP) is 6.27. The molecule has 0 aliphatic carbocycles. The van der Waals surface area contributed by atoms with Gasteiger partial charge in [-0.25, -0.2) is 0 Å². The lowest BCUT2D eigenvalue weighted by atomic mass is 10.1. The summed E-state index contributed by atoms with van der Waals surface area (Å²) in [6, 6.07) is 0. The molecule has 27 heavy (non-hydrogen) atoms. The second kappa shape index (κ2) is 19.7. The number of hydrogen-bond donors (Lipinski definition) is 0. The van der Waals surface area contributed by atoms with Gasteiger partial charge in [0.15, 0.2) is 0 Å². The Bertz CT molecular complexity index is 358. The van der Waals surface area contributed by atoms with Gasteiger partial charge in [0.25, 0.3) is 0 Å². The van der Waals surface area contributed by atoms with E-state index in [-0.39, 0.29) is 18.4 Å². The van der Waals surface area contributed by atoms with Crippen molar-refractivity contribution in [3.05, 3.63) is 0 Å².